The van der Waals surface area contributed by atoms with Crippen molar-refractivity contribution in [2.45, 2.75) is 12.5 Å². The Kier molecular flexibility index (Phi) is 2.11. The average molecular weight is 275 g/mol. The maximum atomic E-state index is 11.5. The van der Waals surface area contributed by atoms with E-state index in [1.54, 1.807) is 6.92 Å². The van der Waals surface area contributed by atoms with Crippen LogP contribution in [0.2, 0.25) is 0 Å². The summed E-state index contributed by atoms with van der Waals surface area (Å²) in [5, 5.41) is 4.82. The van der Waals surface area contributed by atoms with E-state index in [2.05, 4.69) is 26.6 Å². The van der Waals surface area contributed by atoms with Crippen molar-refractivity contribution in [2.75, 3.05) is 0 Å². The number of hydrogen-bond donors (Lipinski definition) is 2. The van der Waals surface area contributed by atoms with Crippen molar-refractivity contribution in [2.24, 2.45) is 0 Å². The summed E-state index contributed by atoms with van der Waals surface area (Å²) in [6.45, 7) is 1.69. The predicted octanol–water partition coefficient (Wildman–Crippen LogP) is 1.57. The summed E-state index contributed by atoms with van der Waals surface area (Å²) < 4.78 is 0.933. The number of halogens is 1. The number of urea groups is 1. The second-order valence-electron chi connectivity index (χ2n) is 3.14. The number of hydrogen-bond acceptors (Lipinski definition) is 3. The molecule has 0 bridgehead atoms. The van der Waals surface area contributed by atoms with Crippen molar-refractivity contribution < 1.29 is 9.59 Å². The Bertz CT molecular complexity index is 417. The van der Waals surface area contributed by atoms with Gasteiger partial charge in [-0.1, -0.05) is 0 Å². The minimum absolute atomic E-state index is 0.308. The minimum atomic E-state index is -0.923. The Hall–Kier alpha value is -0.880. The lowest BCUT2D eigenvalue weighted by Gasteiger charge is -2.17. The minimum Gasteiger partial charge on any atom is -0.319 e. The van der Waals surface area contributed by atoms with Crippen LogP contribution in [0.25, 0.3) is 0 Å². The summed E-state index contributed by atoms with van der Waals surface area (Å²) in [6, 6.07) is 3.23. The Morgan fingerprint density at radius 2 is 2.14 bits per heavy atom. The zero-order valence-corrected chi connectivity index (χ0v) is 9.66. The smallest absolute Gasteiger partial charge is 0.319 e. The van der Waals surface area contributed by atoms with Crippen LogP contribution in [0.4, 0.5) is 4.79 Å². The highest BCUT2D eigenvalue weighted by Crippen LogP contribution is 2.32. The first-order valence-electron chi connectivity index (χ1n) is 3.92. The van der Waals surface area contributed by atoms with Gasteiger partial charge in [-0.3, -0.25) is 10.1 Å². The molecule has 4 nitrogen and oxygen atoms in total. The second kappa shape index (κ2) is 3.06. The van der Waals surface area contributed by atoms with E-state index in [-0.39, 0.29) is 5.91 Å². The van der Waals surface area contributed by atoms with Crippen LogP contribution in [0.1, 0.15) is 11.8 Å². The predicted molar refractivity (Wildman–Crippen MR) is 56.0 cm³/mol. The lowest BCUT2D eigenvalue weighted by atomic mass is 10.0. The zero-order chi connectivity index (χ0) is 10.3. The molecule has 74 valence electrons. The summed E-state index contributed by atoms with van der Waals surface area (Å²) in [6.07, 6.45) is 0. The lowest BCUT2D eigenvalue weighted by molar-refractivity contribution is -0.123. The highest BCUT2D eigenvalue weighted by molar-refractivity contribution is 9.11. The third kappa shape index (κ3) is 1.34. The summed E-state index contributed by atoms with van der Waals surface area (Å²) >= 11 is 4.74. The first kappa shape index (κ1) is 9.67. The maximum Gasteiger partial charge on any atom is 0.322 e. The fourth-order valence-electron chi connectivity index (χ4n) is 1.30. The van der Waals surface area contributed by atoms with Gasteiger partial charge in [0.05, 0.1) is 3.79 Å². The lowest BCUT2D eigenvalue weighted by Crippen LogP contribution is -2.39. The molecule has 0 saturated carbocycles. The van der Waals surface area contributed by atoms with Crippen LogP contribution >= 0.6 is 27.3 Å². The second-order valence-corrected chi connectivity index (χ2v) is 5.60. The maximum absolute atomic E-state index is 11.5. The Balaban J connectivity index is 2.42. The number of imide groups is 1. The Morgan fingerprint density at radius 3 is 2.57 bits per heavy atom. The molecule has 0 radical (unpaired) electrons. The van der Waals surface area contributed by atoms with E-state index in [0.29, 0.717) is 0 Å². The van der Waals surface area contributed by atoms with Gasteiger partial charge >= 0.3 is 6.03 Å². The molecule has 1 saturated heterocycles. The average Bonchev–Trinajstić information content (AvgIpc) is 2.59. The molecule has 14 heavy (non-hydrogen) atoms. The van der Waals surface area contributed by atoms with Crippen LogP contribution in [0.5, 0.6) is 0 Å². The molecule has 1 aromatic rings. The van der Waals surface area contributed by atoms with E-state index in [4.69, 9.17) is 0 Å². The fourth-order valence-corrected chi connectivity index (χ4v) is 2.79. The highest BCUT2D eigenvalue weighted by atomic mass is 79.9. The summed E-state index contributed by atoms with van der Waals surface area (Å²) in [7, 11) is 0. The first-order chi connectivity index (χ1) is 6.52. The van der Waals surface area contributed by atoms with Gasteiger partial charge in [0.15, 0.2) is 5.54 Å². The van der Waals surface area contributed by atoms with Crippen LogP contribution in [0.15, 0.2) is 15.9 Å². The van der Waals surface area contributed by atoms with Crippen molar-refractivity contribution >= 4 is 39.2 Å². The topological polar surface area (TPSA) is 58.2 Å². The molecular weight excluding hydrogens is 268 g/mol. The van der Waals surface area contributed by atoms with Gasteiger partial charge in [0, 0.05) is 4.88 Å². The Labute approximate surface area is 92.8 Å². The molecule has 0 aliphatic carbocycles. The van der Waals surface area contributed by atoms with Crippen LogP contribution < -0.4 is 10.6 Å². The SMILES string of the molecule is C[C@@]1(c2ccc(Br)s2)NC(=O)NC1=O. The van der Waals surface area contributed by atoms with Gasteiger partial charge in [0.2, 0.25) is 0 Å². The van der Waals surface area contributed by atoms with Crippen molar-refractivity contribution in [1.82, 2.24) is 10.6 Å². The van der Waals surface area contributed by atoms with E-state index < -0.39 is 11.6 Å². The molecule has 2 rings (SSSR count). The quantitative estimate of drug-likeness (QED) is 0.764. The molecule has 0 unspecified atom stereocenters. The van der Waals surface area contributed by atoms with E-state index in [0.717, 1.165) is 8.66 Å². The van der Waals surface area contributed by atoms with E-state index in [9.17, 15) is 9.59 Å². The highest BCUT2D eigenvalue weighted by Gasteiger charge is 2.44. The summed E-state index contributed by atoms with van der Waals surface area (Å²) in [5.74, 6) is -0.308. The normalized spacial score (nSPS) is 26.1. The van der Waals surface area contributed by atoms with Crippen LogP contribution in [0, 0.1) is 0 Å². The third-order valence-electron chi connectivity index (χ3n) is 2.11. The van der Waals surface area contributed by atoms with Gasteiger partial charge in [0.1, 0.15) is 0 Å². The van der Waals surface area contributed by atoms with E-state index in [1.807, 2.05) is 12.1 Å². The molecule has 2 heterocycles. The molecule has 0 spiro atoms. The number of carbonyl (C=O) groups excluding carboxylic acids is 2. The van der Waals surface area contributed by atoms with Gasteiger partial charge in [0.25, 0.3) is 5.91 Å². The summed E-state index contributed by atoms with van der Waals surface area (Å²) in [4.78, 5) is 23.3. The van der Waals surface area contributed by atoms with Crippen LogP contribution in [-0.4, -0.2) is 11.9 Å². The zero-order valence-electron chi connectivity index (χ0n) is 7.26. The van der Waals surface area contributed by atoms with Gasteiger partial charge in [-0.25, -0.2) is 4.79 Å². The monoisotopic (exact) mass is 274 g/mol. The van der Waals surface area contributed by atoms with Crippen LogP contribution in [0.3, 0.4) is 0 Å². The van der Waals surface area contributed by atoms with E-state index >= 15 is 0 Å². The van der Waals surface area contributed by atoms with Crippen LogP contribution in [-0.2, 0) is 10.3 Å². The number of nitrogens with one attached hydrogen (secondary N) is 2. The number of amides is 3. The van der Waals surface area contributed by atoms with Gasteiger partial charge in [-0.05, 0) is 35.0 Å². The standard InChI is InChI=1S/C8H7BrN2O2S/c1-8(4-2-3-5(9)14-4)6(12)10-7(13)11-8/h2-3H,1H3,(H2,10,11,12,13)/t8-/m0/s1. The third-order valence-corrected chi connectivity index (χ3v) is 3.96. The van der Waals surface area contributed by atoms with Gasteiger partial charge in [-0.15, -0.1) is 11.3 Å². The van der Waals surface area contributed by atoms with Crippen molar-refractivity contribution in [1.29, 1.82) is 0 Å². The molecule has 6 heteroatoms. The number of carbonyl (C=O) groups is 2. The molecule has 0 aromatic carbocycles. The summed E-state index contributed by atoms with van der Waals surface area (Å²) in [5.41, 5.74) is -0.923. The first-order valence-corrected chi connectivity index (χ1v) is 5.53. The number of thiophene rings is 1. The van der Waals surface area contributed by atoms with E-state index in [1.165, 1.54) is 11.3 Å². The molecule has 1 aromatic heterocycles. The molecule has 2 N–H and O–H groups in total. The number of rotatable bonds is 1. The molecule has 1 aliphatic rings. The van der Waals surface area contributed by atoms with Gasteiger partial charge in [-0.2, -0.15) is 0 Å². The van der Waals surface area contributed by atoms with Crippen molar-refractivity contribution in [3.8, 4) is 0 Å². The largest absolute Gasteiger partial charge is 0.322 e. The Morgan fingerprint density at radius 1 is 1.43 bits per heavy atom. The molecule has 3 amide bonds. The fraction of sp³-hybridized carbons (Fsp3) is 0.250. The van der Waals surface area contributed by atoms with Gasteiger partial charge < -0.3 is 5.32 Å². The van der Waals surface area contributed by atoms with Crippen molar-refractivity contribution in [3.05, 3.63) is 20.8 Å². The molecule has 1 aliphatic heterocycles. The molecular formula is C8H7BrN2O2S. The molecule has 1 fully saturated rings. The van der Waals surface area contributed by atoms with Crippen molar-refractivity contribution in [3.63, 3.8) is 0 Å². The molecule has 1 atom stereocenters.